The van der Waals surface area contributed by atoms with Crippen molar-refractivity contribution < 1.29 is 0 Å². The molecule has 11 rings (SSSR count). The molecule has 2 heterocycles. The molecule has 0 N–H and O–H groups in total. The summed E-state index contributed by atoms with van der Waals surface area (Å²) in [5.74, 6) is 0. The van der Waals surface area contributed by atoms with Gasteiger partial charge in [-0.25, -0.2) is 0 Å². The van der Waals surface area contributed by atoms with Crippen LogP contribution in [0.25, 0.3) is 106 Å². The molecule has 53 heavy (non-hydrogen) atoms. The van der Waals surface area contributed by atoms with E-state index in [0.717, 1.165) is 0 Å². The molecule has 248 valence electrons. The topological polar surface area (TPSA) is 0 Å². The summed E-state index contributed by atoms with van der Waals surface area (Å²) in [7, 11) is 0. The first-order valence-electron chi connectivity index (χ1n) is 18.2. The zero-order valence-electron chi connectivity index (χ0n) is 29.1. The van der Waals surface area contributed by atoms with E-state index in [2.05, 4.69) is 183 Å². The molecule has 0 aliphatic rings. The van der Waals surface area contributed by atoms with E-state index in [-0.39, 0.29) is 14.5 Å². The van der Waals surface area contributed by atoms with Gasteiger partial charge in [-0.1, -0.05) is 0 Å². The third-order valence-corrected chi connectivity index (χ3v) is 14.5. The molecule has 0 aliphatic carbocycles. The van der Waals surface area contributed by atoms with Crippen LogP contribution in [0.5, 0.6) is 0 Å². The van der Waals surface area contributed by atoms with Gasteiger partial charge in [-0.05, 0) is 0 Å². The SMILES string of the molecule is Cc1ccc(-c2c3ccccc3c(-c3cccc4c3[se]c3cc(-c5c6ccccc6c(-c6ccccc6)c6ccccc56)ccc34)c3ccccc23)s1. The number of hydrogen-bond acceptors (Lipinski definition) is 1. The van der Waals surface area contributed by atoms with Crippen LogP contribution in [0, 0.1) is 6.92 Å². The number of fused-ring (bicyclic) bond motifs is 7. The number of hydrogen-bond donors (Lipinski definition) is 0. The van der Waals surface area contributed by atoms with Crippen LogP contribution in [0.4, 0.5) is 0 Å². The number of thiophene rings is 1. The third kappa shape index (κ3) is 4.74. The van der Waals surface area contributed by atoms with Crippen LogP contribution in [0.15, 0.2) is 176 Å². The van der Waals surface area contributed by atoms with Crippen LogP contribution < -0.4 is 0 Å². The molecule has 9 aromatic carbocycles. The van der Waals surface area contributed by atoms with Crippen molar-refractivity contribution >= 4 is 88.2 Å². The van der Waals surface area contributed by atoms with Gasteiger partial charge < -0.3 is 0 Å². The Morgan fingerprint density at radius 3 is 1.40 bits per heavy atom. The van der Waals surface area contributed by atoms with Gasteiger partial charge in [0, 0.05) is 0 Å². The fourth-order valence-corrected chi connectivity index (χ4v) is 12.3. The summed E-state index contributed by atoms with van der Waals surface area (Å²) in [5.41, 5.74) is 9.24. The van der Waals surface area contributed by atoms with Crippen molar-refractivity contribution in [2.75, 3.05) is 0 Å². The summed E-state index contributed by atoms with van der Waals surface area (Å²) >= 11 is 2.02. The molecule has 2 aromatic heterocycles. The van der Waals surface area contributed by atoms with Crippen LogP contribution in [-0.4, -0.2) is 14.5 Å². The van der Waals surface area contributed by atoms with Crippen LogP contribution in [0.1, 0.15) is 4.88 Å². The van der Waals surface area contributed by atoms with E-state index in [1.54, 1.807) is 0 Å². The van der Waals surface area contributed by atoms with E-state index >= 15 is 0 Å². The predicted octanol–water partition coefficient (Wildman–Crippen LogP) is 14.7. The Balaban J connectivity index is 1.17. The van der Waals surface area contributed by atoms with Gasteiger partial charge in [0.05, 0.1) is 0 Å². The summed E-state index contributed by atoms with van der Waals surface area (Å²) < 4.78 is 2.94. The molecule has 11 aromatic rings. The third-order valence-electron chi connectivity index (χ3n) is 11.0. The first-order valence-corrected chi connectivity index (χ1v) is 20.7. The van der Waals surface area contributed by atoms with Crippen LogP contribution in [0.2, 0.25) is 0 Å². The zero-order valence-corrected chi connectivity index (χ0v) is 31.6. The molecule has 0 amide bonds. The van der Waals surface area contributed by atoms with Crippen molar-refractivity contribution in [3.8, 4) is 43.8 Å². The Hall–Kier alpha value is -5.76. The van der Waals surface area contributed by atoms with Gasteiger partial charge in [0.1, 0.15) is 0 Å². The Labute approximate surface area is 318 Å². The first kappa shape index (κ1) is 30.8. The molecular weight excluding hydrogens is 724 g/mol. The molecule has 0 spiro atoms. The molecule has 0 aliphatic heterocycles. The van der Waals surface area contributed by atoms with E-state index in [0.29, 0.717) is 0 Å². The average molecular weight is 756 g/mol. The standard InChI is InChI=1S/C51H32SSe/c1-31-26-29-45(52-31)50-41-22-11-9-20-39(41)49(40-21-10-12-23-42(40)50)44-25-13-24-43-34-28-27-33(30-46(34)53-51(43)44)48-37-18-7-5-16-35(37)47(32-14-3-2-4-15-32)36-17-6-8-19-38(36)48/h2-30H,1H3. The molecule has 0 atom stereocenters. The second kappa shape index (κ2) is 12.2. The number of aryl methyl sites for hydroxylation is 1. The van der Waals surface area contributed by atoms with Crippen molar-refractivity contribution in [3.05, 3.63) is 181 Å². The van der Waals surface area contributed by atoms with Gasteiger partial charge >= 0.3 is 320 Å². The molecule has 0 nitrogen and oxygen atoms in total. The van der Waals surface area contributed by atoms with Crippen molar-refractivity contribution in [1.29, 1.82) is 0 Å². The van der Waals surface area contributed by atoms with Crippen LogP contribution in [-0.2, 0) is 0 Å². The maximum atomic E-state index is 2.51. The van der Waals surface area contributed by atoms with E-state index in [1.165, 1.54) is 111 Å². The van der Waals surface area contributed by atoms with E-state index in [9.17, 15) is 0 Å². The van der Waals surface area contributed by atoms with Crippen molar-refractivity contribution in [2.45, 2.75) is 6.92 Å². The molecule has 0 unspecified atom stereocenters. The summed E-state index contributed by atoms with van der Waals surface area (Å²) in [6.07, 6.45) is 0. The summed E-state index contributed by atoms with van der Waals surface area (Å²) in [4.78, 5) is 2.67. The van der Waals surface area contributed by atoms with Gasteiger partial charge in [-0.3, -0.25) is 0 Å². The van der Waals surface area contributed by atoms with Crippen LogP contribution >= 0.6 is 11.3 Å². The number of benzene rings is 9. The molecule has 0 saturated heterocycles. The molecule has 0 saturated carbocycles. The maximum absolute atomic E-state index is 2.51. The van der Waals surface area contributed by atoms with E-state index in [4.69, 9.17) is 0 Å². The molecular formula is C51H32SSe. The fraction of sp³-hybridized carbons (Fsp3) is 0.0196. The van der Waals surface area contributed by atoms with Gasteiger partial charge in [-0.15, -0.1) is 0 Å². The molecule has 0 bridgehead atoms. The summed E-state index contributed by atoms with van der Waals surface area (Å²) in [6.45, 7) is 2.20. The Morgan fingerprint density at radius 1 is 0.358 bits per heavy atom. The Morgan fingerprint density at radius 2 is 0.849 bits per heavy atom. The average Bonchev–Trinajstić information content (AvgIpc) is 3.82. The van der Waals surface area contributed by atoms with Crippen molar-refractivity contribution in [2.24, 2.45) is 0 Å². The predicted molar refractivity (Wildman–Crippen MR) is 233 cm³/mol. The van der Waals surface area contributed by atoms with Gasteiger partial charge in [-0.2, -0.15) is 0 Å². The van der Waals surface area contributed by atoms with E-state index in [1.807, 2.05) is 11.3 Å². The molecule has 0 radical (unpaired) electrons. The zero-order chi connectivity index (χ0) is 35.0. The normalized spacial score (nSPS) is 11.9. The second-order valence-electron chi connectivity index (χ2n) is 14.0. The van der Waals surface area contributed by atoms with Crippen molar-refractivity contribution in [1.82, 2.24) is 0 Å². The molecule has 2 heteroatoms. The summed E-state index contributed by atoms with van der Waals surface area (Å²) in [6, 6.07) is 65.8. The minimum absolute atomic E-state index is 0.137. The van der Waals surface area contributed by atoms with E-state index < -0.39 is 0 Å². The van der Waals surface area contributed by atoms with Crippen molar-refractivity contribution in [3.63, 3.8) is 0 Å². The second-order valence-corrected chi connectivity index (χ2v) is 17.4. The quantitative estimate of drug-likeness (QED) is 0.124. The van der Waals surface area contributed by atoms with Gasteiger partial charge in [0.15, 0.2) is 0 Å². The molecule has 0 fully saturated rings. The summed E-state index contributed by atoms with van der Waals surface area (Å²) in [5, 5.41) is 13.2. The van der Waals surface area contributed by atoms with Crippen LogP contribution in [0.3, 0.4) is 0 Å². The Bertz CT molecular complexity index is 3120. The monoisotopic (exact) mass is 756 g/mol. The van der Waals surface area contributed by atoms with Gasteiger partial charge in [0.25, 0.3) is 0 Å². The number of rotatable bonds is 4. The van der Waals surface area contributed by atoms with Gasteiger partial charge in [0.2, 0.25) is 0 Å². The fourth-order valence-electron chi connectivity index (χ4n) is 8.76. The first-order chi connectivity index (χ1) is 26.2. The Kier molecular flexibility index (Phi) is 7.07. The minimum atomic E-state index is 0.137.